The highest BCUT2D eigenvalue weighted by Gasteiger charge is 2.33. The highest BCUT2D eigenvalue weighted by Crippen LogP contribution is 2.36. The van der Waals surface area contributed by atoms with E-state index in [9.17, 15) is 9.32 Å². The molecule has 27 heavy (non-hydrogen) atoms. The zero-order valence-electron chi connectivity index (χ0n) is 14.7. The third-order valence-electron chi connectivity index (χ3n) is 4.76. The monoisotopic (exact) mass is 378 g/mol. The third-order valence-corrected chi connectivity index (χ3v) is 7.15. The molecule has 1 saturated carbocycles. The van der Waals surface area contributed by atoms with Gasteiger partial charge in [0.1, 0.15) is 0 Å². The molecular weight excluding hydrogens is 360 g/mol. The maximum Gasteiger partial charge on any atom is 0.222 e. The van der Waals surface area contributed by atoms with Crippen LogP contribution < -0.4 is 0 Å². The predicted octanol–water partition coefficient (Wildman–Crippen LogP) is 3.99. The van der Waals surface area contributed by atoms with Gasteiger partial charge in [0, 0.05) is 10.1 Å². The van der Waals surface area contributed by atoms with Gasteiger partial charge < -0.3 is 5.11 Å². The number of nitrogens with one attached hydrogen (secondary N) is 1. The van der Waals surface area contributed by atoms with E-state index in [-0.39, 0.29) is 11.1 Å². The quantitative estimate of drug-likeness (QED) is 0.716. The Morgan fingerprint density at radius 2 is 1.81 bits per heavy atom. The molecule has 6 nitrogen and oxygen atoms in total. The Balaban J connectivity index is 1.71. The number of aryl methyl sites for hydroxylation is 1. The van der Waals surface area contributed by atoms with Crippen LogP contribution in [0, 0.1) is 23.0 Å². The van der Waals surface area contributed by atoms with E-state index in [1.165, 1.54) is 4.68 Å². The second kappa shape index (κ2) is 6.25. The fourth-order valence-corrected chi connectivity index (χ4v) is 4.85. The topological polar surface area (TPSA) is 103 Å². The molecule has 136 valence electrons. The molecule has 0 bridgehead atoms. The third kappa shape index (κ3) is 2.98. The fourth-order valence-electron chi connectivity index (χ4n) is 3.13. The van der Waals surface area contributed by atoms with Crippen molar-refractivity contribution < 1.29 is 9.32 Å². The van der Waals surface area contributed by atoms with Crippen molar-refractivity contribution in [2.24, 2.45) is 0 Å². The summed E-state index contributed by atoms with van der Waals surface area (Å²) in [5, 5.41) is 24.0. The lowest BCUT2D eigenvalue weighted by atomic mass is 10.0. The van der Waals surface area contributed by atoms with E-state index >= 15 is 0 Å². The molecule has 1 unspecified atom stereocenters. The molecule has 1 aromatic heterocycles. The fraction of sp³-hybridized carbons (Fsp3) is 0.200. The summed E-state index contributed by atoms with van der Waals surface area (Å²) in [5.74, 6) is -0.00115. The van der Waals surface area contributed by atoms with Gasteiger partial charge in [-0.15, -0.1) is 0 Å². The number of benzene rings is 2. The number of nitriles is 1. The van der Waals surface area contributed by atoms with E-state index in [1.807, 2.05) is 6.92 Å². The SMILES string of the molecule is Cc1nn(-c2ccc(S(=N)(=O)C3CC3)cc2)c(O)c1-c1ccc(C#N)cc1. The predicted molar refractivity (Wildman–Crippen MR) is 102 cm³/mol. The summed E-state index contributed by atoms with van der Waals surface area (Å²) in [6.45, 7) is 1.81. The molecule has 3 aromatic rings. The normalized spacial score (nSPS) is 15.9. The van der Waals surface area contributed by atoms with Crippen LogP contribution >= 0.6 is 0 Å². The van der Waals surface area contributed by atoms with E-state index in [4.69, 9.17) is 10.0 Å². The van der Waals surface area contributed by atoms with Crippen LogP contribution in [-0.2, 0) is 9.73 Å². The summed E-state index contributed by atoms with van der Waals surface area (Å²) in [7, 11) is -2.75. The van der Waals surface area contributed by atoms with Crippen LogP contribution in [0.25, 0.3) is 16.8 Å². The molecule has 2 aromatic carbocycles. The molecule has 0 spiro atoms. The van der Waals surface area contributed by atoms with Gasteiger partial charge in [0.25, 0.3) is 0 Å². The first kappa shape index (κ1) is 17.3. The van der Waals surface area contributed by atoms with Crippen LogP contribution in [0.15, 0.2) is 53.4 Å². The Hall–Kier alpha value is -3.11. The number of hydrogen-bond acceptors (Lipinski definition) is 5. The number of aromatic hydroxyl groups is 1. The first-order chi connectivity index (χ1) is 12.9. The highest BCUT2D eigenvalue weighted by molar-refractivity contribution is 7.93. The van der Waals surface area contributed by atoms with E-state index in [0.29, 0.717) is 27.4 Å². The molecule has 0 saturated heterocycles. The average molecular weight is 378 g/mol. The summed E-state index contributed by atoms with van der Waals surface area (Å²) in [6.07, 6.45) is 1.69. The van der Waals surface area contributed by atoms with E-state index in [1.54, 1.807) is 48.5 Å². The Morgan fingerprint density at radius 1 is 1.19 bits per heavy atom. The Kier molecular flexibility index (Phi) is 4.01. The molecule has 2 N–H and O–H groups in total. The van der Waals surface area contributed by atoms with Gasteiger partial charge in [-0.05, 0) is 61.7 Å². The first-order valence-corrected chi connectivity index (χ1v) is 10.2. The van der Waals surface area contributed by atoms with Gasteiger partial charge in [-0.3, -0.25) is 0 Å². The number of rotatable bonds is 4. The lowest BCUT2D eigenvalue weighted by Crippen LogP contribution is -2.05. The van der Waals surface area contributed by atoms with Crippen LogP contribution in [0.5, 0.6) is 5.88 Å². The Bertz CT molecular complexity index is 1150. The maximum atomic E-state index is 12.5. The van der Waals surface area contributed by atoms with Gasteiger partial charge in [0.2, 0.25) is 5.88 Å². The standard InChI is InChI=1S/C20H18N4O2S/c1-13-19(15-4-2-14(12-21)3-5-15)20(25)24(23-13)16-6-8-17(9-7-16)27(22,26)18-10-11-18/h2-9,18,22,25H,10-11H2,1H3. The second-order valence-corrected chi connectivity index (χ2v) is 9.02. The first-order valence-electron chi connectivity index (χ1n) is 8.59. The van der Waals surface area contributed by atoms with Crippen molar-refractivity contribution in [3.05, 3.63) is 59.8 Å². The van der Waals surface area contributed by atoms with Crippen LogP contribution in [0.3, 0.4) is 0 Å². The molecule has 1 atom stereocenters. The molecule has 0 radical (unpaired) electrons. The Morgan fingerprint density at radius 3 is 2.37 bits per heavy atom. The zero-order valence-corrected chi connectivity index (χ0v) is 15.5. The zero-order chi connectivity index (χ0) is 19.2. The lowest BCUT2D eigenvalue weighted by Gasteiger charge is -2.08. The average Bonchev–Trinajstić information content (AvgIpc) is 3.49. The number of hydrogen-bond donors (Lipinski definition) is 2. The summed E-state index contributed by atoms with van der Waals surface area (Å²) in [6, 6.07) is 15.8. The van der Waals surface area contributed by atoms with Crippen molar-refractivity contribution in [3.63, 3.8) is 0 Å². The van der Waals surface area contributed by atoms with Gasteiger partial charge >= 0.3 is 0 Å². The van der Waals surface area contributed by atoms with Gasteiger partial charge in [-0.2, -0.15) is 10.4 Å². The van der Waals surface area contributed by atoms with Gasteiger partial charge in [0.15, 0.2) is 0 Å². The molecule has 0 amide bonds. The molecule has 0 aliphatic heterocycles. The number of nitrogens with zero attached hydrogens (tertiary/aromatic N) is 3. The van der Waals surface area contributed by atoms with Crippen LogP contribution in [0.1, 0.15) is 24.1 Å². The number of aromatic nitrogens is 2. The summed E-state index contributed by atoms with van der Waals surface area (Å²) < 4.78 is 22.1. The van der Waals surface area contributed by atoms with Crippen LogP contribution in [0.4, 0.5) is 0 Å². The van der Waals surface area contributed by atoms with Gasteiger partial charge in [-0.25, -0.2) is 13.7 Å². The van der Waals surface area contributed by atoms with Crippen molar-refractivity contribution in [2.75, 3.05) is 0 Å². The molecule has 7 heteroatoms. The second-order valence-electron chi connectivity index (χ2n) is 6.68. The maximum absolute atomic E-state index is 12.5. The molecule has 4 rings (SSSR count). The summed E-state index contributed by atoms with van der Waals surface area (Å²) >= 11 is 0. The van der Waals surface area contributed by atoms with Crippen molar-refractivity contribution in [3.8, 4) is 28.8 Å². The molecule has 1 heterocycles. The van der Waals surface area contributed by atoms with E-state index in [2.05, 4.69) is 11.2 Å². The lowest BCUT2D eigenvalue weighted by molar-refractivity contribution is 0.435. The minimum atomic E-state index is -2.75. The highest BCUT2D eigenvalue weighted by atomic mass is 32.2. The van der Waals surface area contributed by atoms with Crippen molar-refractivity contribution in [1.82, 2.24) is 9.78 Å². The van der Waals surface area contributed by atoms with Gasteiger partial charge in [0.05, 0.1) is 38.3 Å². The minimum Gasteiger partial charge on any atom is -0.493 e. The van der Waals surface area contributed by atoms with Gasteiger partial charge in [-0.1, -0.05) is 12.1 Å². The van der Waals surface area contributed by atoms with Crippen molar-refractivity contribution in [1.29, 1.82) is 10.0 Å². The molecule has 1 aliphatic rings. The van der Waals surface area contributed by atoms with E-state index in [0.717, 1.165) is 18.4 Å². The van der Waals surface area contributed by atoms with Crippen LogP contribution in [-0.4, -0.2) is 24.3 Å². The smallest absolute Gasteiger partial charge is 0.222 e. The van der Waals surface area contributed by atoms with Crippen molar-refractivity contribution in [2.45, 2.75) is 29.9 Å². The Labute approximate surface area is 157 Å². The minimum absolute atomic E-state index is 0.00115. The van der Waals surface area contributed by atoms with Crippen LogP contribution in [0.2, 0.25) is 0 Å². The summed E-state index contributed by atoms with van der Waals surface area (Å²) in [4.78, 5) is 0.518. The molecule has 1 fully saturated rings. The molecular formula is C20H18N4O2S. The van der Waals surface area contributed by atoms with Crippen molar-refractivity contribution >= 4 is 9.73 Å². The largest absolute Gasteiger partial charge is 0.493 e. The molecule has 1 aliphatic carbocycles. The van der Waals surface area contributed by atoms with E-state index < -0.39 is 9.73 Å². The summed E-state index contributed by atoms with van der Waals surface area (Å²) in [5.41, 5.74) is 3.21.